The van der Waals surface area contributed by atoms with Gasteiger partial charge < -0.3 is 5.11 Å². The molecule has 0 rings (SSSR count). The standard InChI is InChI=1S/C16H31O2.ClH.Hg/c1-2-3-4-5-6-7-8-9-10-11-12-13-14-15-16(17)18;;/h1-15H2,(H,17,18);1H;/q;;+1/p-1. The Hall–Kier alpha value is 0.695. The number of halogens is 1. The average Bonchev–Trinajstić information content (AvgIpc) is 2.43. The normalized spacial score (nSPS) is 10.4. The molecule has 0 aliphatic rings. The van der Waals surface area contributed by atoms with E-state index in [-0.39, 0.29) is 0 Å². The summed E-state index contributed by atoms with van der Waals surface area (Å²) < 4.78 is 1.40. The molecule has 0 spiro atoms. The molecular weight excluding hydrogens is 460 g/mol. The van der Waals surface area contributed by atoms with Crippen molar-refractivity contribution >= 4 is 14.2 Å². The number of unbranched alkanes of at least 4 members (excludes halogenated alkanes) is 12. The molecule has 0 amide bonds. The molecule has 0 aromatic heterocycles. The van der Waals surface area contributed by atoms with Crippen molar-refractivity contribution < 1.29 is 33.2 Å². The fourth-order valence-corrected chi connectivity index (χ4v) is 6.26. The summed E-state index contributed by atoms with van der Waals surface area (Å²) in [5.41, 5.74) is 0. The monoisotopic (exact) mass is 492 g/mol. The third kappa shape index (κ3) is 18.7. The third-order valence-corrected chi connectivity index (χ3v) is 9.10. The summed E-state index contributed by atoms with van der Waals surface area (Å²) in [4.78, 5) is 10.3. The zero-order chi connectivity index (χ0) is 14.9. The number of aliphatic carboxylic acids is 1. The molecule has 1 N–H and O–H groups in total. The first-order chi connectivity index (χ1) is 9.77. The Bertz CT molecular complexity index is 213. The molecule has 116 valence electrons. The first-order valence-corrected chi connectivity index (χ1v) is 19.2. The molecule has 2 nitrogen and oxygen atoms in total. The second-order valence-electron chi connectivity index (χ2n) is 5.78. The molecule has 0 saturated carbocycles. The quantitative estimate of drug-likeness (QED) is 0.207. The van der Waals surface area contributed by atoms with E-state index in [9.17, 15) is 4.79 Å². The van der Waals surface area contributed by atoms with Crippen LogP contribution in [0.3, 0.4) is 0 Å². The van der Waals surface area contributed by atoms with Crippen molar-refractivity contribution in [2.45, 2.75) is 93.8 Å². The number of carboxylic acid groups (broad SMARTS) is 1. The van der Waals surface area contributed by atoms with Gasteiger partial charge >= 0.3 is 112 Å². The van der Waals surface area contributed by atoms with Crippen molar-refractivity contribution in [1.82, 2.24) is 0 Å². The molecule has 0 unspecified atom stereocenters. The van der Waals surface area contributed by atoms with Gasteiger partial charge in [0.05, 0.1) is 0 Å². The molecule has 0 atom stereocenters. The topological polar surface area (TPSA) is 37.3 Å². The van der Waals surface area contributed by atoms with E-state index in [4.69, 9.17) is 13.4 Å². The molecule has 0 fully saturated rings. The number of carbonyl (C=O) groups is 1. The van der Waals surface area contributed by atoms with Gasteiger partial charge in [-0.15, -0.1) is 0 Å². The second kappa shape index (κ2) is 17.7. The SMILES string of the molecule is O=C(O)CCCCCCCCCCCCCC[CH2][Hg][Cl]. The molecule has 0 heterocycles. The van der Waals surface area contributed by atoms with Crippen LogP contribution in [0.2, 0.25) is 3.93 Å². The van der Waals surface area contributed by atoms with Crippen molar-refractivity contribution in [1.29, 1.82) is 0 Å². The Balaban J connectivity index is 2.94. The zero-order valence-electron chi connectivity index (χ0n) is 13.0. The second-order valence-corrected chi connectivity index (χ2v) is 13.3. The van der Waals surface area contributed by atoms with Crippen molar-refractivity contribution in [3.05, 3.63) is 0 Å². The summed E-state index contributed by atoms with van der Waals surface area (Å²) in [6.45, 7) is 0. The summed E-state index contributed by atoms with van der Waals surface area (Å²) in [7, 11) is 5.86. The fourth-order valence-electron chi connectivity index (χ4n) is 2.49. The van der Waals surface area contributed by atoms with E-state index in [1.54, 1.807) is 0 Å². The van der Waals surface area contributed by atoms with Crippen molar-refractivity contribution in [3.63, 3.8) is 0 Å². The summed E-state index contributed by atoms with van der Waals surface area (Å²) in [6, 6.07) is 0. The van der Waals surface area contributed by atoms with E-state index in [1.165, 1.54) is 74.6 Å². The Kier molecular flexibility index (Phi) is 18.4. The van der Waals surface area contributed by atoms with Gasteiger partial charge in [0.1, 0.15) is 0 Å². The number of rotatable bonds is 16. The van der Waals surface area contributed by atoms with Gasteiger partial charge in [0.2, 0.25) is 0 Å². The molecule has 0 radical (unpaired) electrons. The van der Waals surface area contributed by atoms with Crippen LogP contribution in [0.1, 0.15) is 89.9 Å². The van der Waals surface area contributed by atoms with E-state index in [1.807, 2.05) is 0 Å². The van der Waals surface area contributed by atoms with Crippen LogP contribution in [0.4, 0.5) is 0 Å². The van der Waals surface area contributed by atoms with Crippen LogP contribution in [0, 0.1) is 0 Å². The van der Waals surface area contributed by atoms with E-state index in [0.717, 1.165) is 12.8 Å². The van der Waals surface area contributed by atoms with Gasteiger partial charge in [-0.25, -0.2) is 0 Å². The Labute approximate surface area is 140 Å². The van der Waals surface area contributed by atoms with Crippen LogP contribution in [0.15, 0.2) is 0 Å². The maximum atomic E-state index is 10.3. The van der Waals surface area contributed by atoms with Gasteiger partial charge in [0.25, 0.3) is 0 Å². The fraction of sp³-hybridized carbons (Fsp3) is 0.938. The van der Waals surface area contributed by atoms with Crippen LogP contribution in [0.25, 0.3) is 0 Å². The minimum atomic E-state index is -0.823. The number of hydrogen-bond acceptors (Lipinski definition) is 1. The molecular formula is C16H31ClHgO2. The number of carboxylic acids is 1. The van der Waals surface area contributed by atoms with E-state index in [2.05, 4.69) is 0 Å². The summed E-state index contributed by atoms with van der Waals surface area (Å²) in [6.07, 6.45) is 17.3. The predicted molar refractivity (Wildman–Crippen MR) is 82.9 cm³/mol. The van der Waals surface area contributed by atoms with Gasteiger partial charge in [0, 0.05) is 6.42 Å². The van der Waals surface area contributed by atoms with Gasteiger partial charge in [-0.2, -0.15) is 0 Å². The van der Waals surface area contributed by atoms with Gasteiger partial charge in [0.15, 0.2) is 0 Å². The molecule has 20 heavy (non-hydrogen) atoms. The summed E-state index contributed by atoms with van der Waals surface area (Å²) >= 11 is -0.823. The molecule has 0 aliphatic heterocycles. The van der Waals surface area contributed by atoms with Crippen LogP contribution in [-0.4, -0.2) is 11.1 Å². The Morgan fingerprint density at radius 2 is 1.05 bits per heavy atom. The van der Waals surface area contributed by atoms with E-state index < -0.39 is 29.3 Å². The predicted octanol–water partition coefficient (Wildman–Crippen LogP) is 6.19. The first-order valence-electron chi connectivity index (χ1n) is 8.55. The Morgan fingerprint density at radius 3 is 1.40 bits per heavy atom. The van der Waals surface area contributed by atoms with Crippen LogP contribution in [-0.2, 0) is 28.1 Å². The van der Waals surface area contributed by atoms with Crippen LogP contribution >= 0.6 is 8.25 Å². The molecule has 0 aliphatic carbocycles. The summed E-state index contributed by atoms with van der Waals surface area (Å²) in [5, 5.41) is 8.51. The van der Waals surface area contributed by atoms with Crippen LogP contribution < -0.4 is 0 Å². The van der Waals surface area contributed by atoms with Gasteiger partial charge in [-0.05, 0) is 6.42 Å². The van der Waals surface area contributed by atoms with Crippen LogP contribution in [0.5, 0.6) is 0 Å². The third-order valence-electron chi connectivity index (χ3n) is 3.77. The molecule has 0 aromatic rings. The van der Waals surface area contributed by atoms with Gasteiger partial charge in [-0.1, -0.05) is 6.42 Å². The van der Waals surface area contributed by atoms with Crippen molar-refractivity contribution in [2.75, 3.05) is 0 Å². The molecule has 4 heteroatoms. The average molecular weight is 491 g/mol. The molecule has 0 aromatic carbocycles. The molecule has 0 saturated heterocycles. The van der Waals surface area contributed by atoms with E-state index in [0.29, 0.717) is 6.42 Å². The number of hydrogen-bond donors (Lipinski definition) is 1. The van der Waals surface area contributed by atoms with Crippen molar-refractivity contribution in [2.24, 2.45) is 0 Å². The summed E-state index contributed by atoms with van der Waals surface area (Å²) in [5.74, 6) is -0.657. The zero-order valence-corrected chi connectivity index (χ0v) is 19.3. The van der Waals surface area contributed by atoms with E-state index >= 15 is 0 Å². The Morgan fingerprint density at radius 1 is 0.700 bits per heavy atom. The minimum absolute atomic E-state index is 0.342. The molecule has 0 bridgehead atoms. The first kappa shape index (κ1) is 20.7. The van der Waals surface area contributed by atoms with Crippen molar-refractivity contribution in [3.8, 4) is 0 Å². The maximum absolute atomic E-state index is 10.3. The van der Waals surface area contributed by atoms with Gasteiger partial charge in [-0.3, -0.25) is 4.79 Å².